The van der Waals surface area contributed by atoms with Crippen molar-refractivity contribution in [3.8, 4) is 0 Å². The Morgan fingerprint density at radius 1 is 0.625 bits per heavy atom. The average molecular weight is 442 g/mol. The normalized spacial score (nSPS) is 12.6. The number of fused-ring (bicyclic) bond motifs is 1. The third-order valence-electron chi connectivity index (χ3n) is 7.17. The number of nitrogens with one attached hydrogen (secondary N) is 1. The molecular formula is C29H51N3. The number of para-hydroxylation sites is 1. The Kier molecular flexibility index (Phi) is 15.2. The fraction of sp³-hybridized carbons (Fsp3) is 0.793. The molecule has 0 spiro atoms. The predicted molar refractivity (Wildman–Crippen MR) is 140 cm³/mol. The Labute approximate surface area is 198 Å². The Balaban J connectivity index is 1.62. The minimum absolute atomic E-state index is 0.948. The number of hydrogen-bond donors (Lipinski definition) is 1. The van der Waals surface area contributed by atoms with Gasteiger partial charge in [0.05, 0.1) is 0 Å². The first-order valence-corrected chi connectivity index (χ1v) is 14.1. The van der Waals surface area contributed by atoms with E-state index < -0.39 is 0 Å². The number of aryl methyl sites for hydroxylation is 1. The molecule has 0 aliphatic heterocycles. The van der Waals surface area contributed by atoms with Crippen LogP contribution in [0.3, 0.4) is 0 Å². The highest BCUT2D eigenvalue weighted by Crippen LogP contribution is 2.25. The maximum atomic E-state index is 4.35. The van der Waals surface area contributed by atoms with E-state index in [-0.39, 0.29) is 0 Å². The van der Waals surface area contributed by atoms with E-state index in [1.165, 1.54) is 128 Å². The maximum Gasteiger partial charge on any atom is 0.116 e. The number of rotatable bonds is 21. The summed E-state index contributed by atoms with van der Waals surface area (Å²) in [6.45, 7) is 4.61. The molecule has 182 valence electrons. The number of unbranched alkanes of at least 4 members (excludes halogenated alkanes) is 13. The maximum absolute atomic E-state index is 4.35. The molecule has 2 rings (SSSR count). The van der Waals surface area contributed by atoms with Crippen LogP contribution >= 0.6 is 0 Å². The lowest BCUT2D eigenvalue weighted by molar-refractivity contribution is 0.368. The molecule has 32 heavy (non-hydrogen) atoms. The summed E-state index contributed by atoms with van der Waals surface area (Å²) in [5, 5.41) is 11.3. The second-order valence-electron chi connectivity index (χ2n) is 10.0. The van der Waals surface area contributed by atoms with Crippen LogP contribution in [0.1, 0.15) is 141 Å². The van der Waals surface area contributed by atoms with Crippen LogP contribution in [0.15, 0.2) is 18.2 Å². The Hall–Kier alpha value is -1.38. The summed E-state index contributed by atoms with van der Waals surface area (Å²) in [6.07, 6.45) is 28.1. The average Bonchev–Trinajstić information content (AvgIpc) is 3.29. The van der Waals surface area contributed by atoms with Gasteiger partial charge in [0.1, 0.15) is 11.0 Å². The molecule has 0 aliphatic rings. The van der Waals surface area contributed by atoms with Crippen molar-refractivity contribution in [3.63, 3.8) is 0 Å². The molecule has 0 amide bonds. The number of aromatic amines is 1. The first kappa shape index (κ1) is 26.9. The first-order chi connectivity index (χ1) is 15.8. The van der Waals surface area contributed by atoms with Gasteiger partial charge in [-0.15, -0.1) is 0 Å². The lowest BCUT2D eigenvalue weighted by Crippen LogP contribution is -2.02. The number of benzene rings is 1. The highest BCUT2D eigenvalue weighted by Gasteiger charge is 2.10. The van der Waals surface area contributed by atoms with E-state index in [0.717, 1.165) is 23.4 Å². The van der Waals surface area contributed by atoms with Gasteiger partial charge in [-0.3, -0.25) is 0 Å². The Bertz CT molecular complexity index is 678. The van der Waals surface area contributed by atoms with Crippen molar-refractivity contribution in [2.24, 2.45) is 5.92 Å². The van der Waals surface area contributed by atoms with Crippen LogP contribution in [0.25, 0.3) is 11.0 Å². The zero-order valence-corrected chi connectivity index (χ0v) is 21.3. The van der Waals surface area contributed by atoms with Crippen LogP contribution in [0.5, 0.6) is 0 Å². The summed E-state index contributed by atoms with van der Waals surface area (Å²) in [6, 6.07) is 6.38. The number of nitrogens with zero attached hydrogens (tertiary/aromatic N) is 2. The second-order valence-corrected chi connectivity index (χ2v) is 10.0. The second kappa shape index (κ2) is 18.1. The van der Waals surface area contributed by atoms with Gasteiger partial charge in [0, 0.05) is 0 Å². The third-order valence-corrected chi connectivity index (χ3v) is 7.17. The van der Waals surface area contributed by atoms with Crippen molar-refractivity contribution in [1.82, 2.24) is 15.4 Å². The predicted octanol–water partition coefficient (Wildman–Crippen LogP) is 9.57. The van der Waals surface area contributed by atoms with Crippen LogP contribution in [-0.2, 0) is 6.42 Å². The molecule has 1 aromatic carbocycles. The lowest BCUT2D eigenvalue weighted by atomic mass is 9.89. The van der Waals surface area contributed by atoms with Gasteiger partial charge in [0.25, 0.3) is 0 Å². The summed E-state index contributed by atoms with van der Waals surface area (Å²) < 4.78 is 0. The van der Waals surface area contributed by atoms with Crippen molar-refractivity contribution in [1.29, 1.82) is 0 Å². The highest BCUT2D eigenvalue weighted by molar-refractivity contribution is 5.77. The van der Waals surface area contributed by atoms with Crippen molar-refractivity contribution in [2.75, 3.05) is 0 Å². The van der Waals surface area contributed by atoms with Gasteiger partial charge < -0.3 is 0 Å². The van der Waals surface area contributed by atoms with Gasteiger partial charge in [-0.1, -0.05) is 142 Å². The van der Waals surface area contributed by atoms with E-state index in [2.05, 4.69) is 41.4 Å². The van der Waals surface area contributed by atoms with E-state index in [1.807, 2.05) is 6.07 Å². The zero-order valence-electron chi connectivity index (χ0n) is 21.3. The van der Waals surface area contributed by atoms with Crippen molar-refractivity contribution >= 4 is 11.0 Å². The molecule has 0 fully saturated rings. The summed E-state index contributed by atoms with van der Waals surface area (Å²) >= 11 is 0. The van der Waals surface area contributed by atoms with E-state index in [9.17, 15) is 0 Å². The molecule has 1 heterocycles. The molecule has 0 radical (unpaired) electrons. The lowest BCUT2D eigenvalue weighted by Gasteiger charge is -2.17. The van der Waals surface area contributed by atoms with E-state index >= 15 is 0 Å². The number of H-pyrrole nitrogens is 1. The van der Waals surface area contributed by atoms with Gasteiger partial charge in [-0.2, -0.15) is 15.4 Å². The molecule has 2 aromatic rings. The SMILES string of the molecule is CCCCCCCCCCCC(CCCCCCC)CCCCc1cccc2n[nH]nc12. The summed E-state index contributed by atoms with van der Waals surface area (Å²) in [5.41, 5.74) is 3.42. The van der Waals surface area contributed by atoms with Gasteiger partial charge in [0.2, 0.25) is 0 Å². The van der Waals surface area contributed by atoms with Crippen LogP contribution in [0.2, 0.25) is 0 Å². The number of hydrogen-bond acceptors (Lipinski definition) is 2. The monoisotopic (exact) mass is 441 g/mol. The summed E-state index contributed by atoms with van der Waals surface area (Å²) in [5.74, 6) is 0.948. The van der Waals surface area contributed by atoms with Crippen molar-refractivity contribution < 1.29 is 0 Å². The topological polar surface area (TPSA) is 41.6 Å². The summed E-state index contributed by atoms with van der Waals surface area (Å²) in [7, 11) is 0. The molecule has 3 heteroatoms. The van der Waals surface area contributed by atoms with Crippen LogP contribution in [0.4, 0.5) is 0 Å². The molecule has 0 aliphatic carbocycles. The van der Waals surface area contributed by atoms with E-state index in [1.54, 1.807) is 0 Å². The highest BCUT2D eigenvalue weighted by atomic mass is 15.3. The van der Waals surface area contributed by atoms with Gasteiger partial charge in [0.15, 0.2) is 0 Å². The van der Waals surface area contributed by atoms with Gasteiger partial charge in [-0.05, 0) is 30.4 Å². The minimum atomic E-state index is 0.948. The van der Waals surface area contributed by atoms with E-state index in [0.29, 0.717) is 0 Å². The quantitative estimate of drug-likeness (QED) is 0.196. The standard InChI is InChI=1S/C29H51N3/c1-3-5-7-9-10-11-12-14-16-21-26(20-15-13-8-6-4-2)22-17-18-23-27-24-19-25-28-29(27)31-32-30-28/h19,24-26H,3-18,20-23H2,1-2H3,(H,30,31,32). The molecule has 1 atom stereocenters. The molecule has 3 nitrogen and oxygen atoms in total. The van der Waals surface area contributed by atoms with Crippen molar-refractivity contribution in [3.05, 3.63) is 23.8 Å². The van der Waals surface area contributed by atoms with Crippen LogP contribution in [-0.4, -0.2) is 15.4 Å². The van der Waals surface area contributed by atoms with Gasteiger partial charge >= 0.3 is 0 Å². The molecule has 1 aromatic heterocycles. The van der Waals surface area contributed by atoms with Crippen LogP contribution < -0.4 is 0 Å². The summed E-state index contributed by atoms with van der Waals surface area (Å²) in [4.78, 5) is 0. The fourth-order valence-electron chi connectivity index (χ4n) is 5.09. The van der Waals surface area contributed by atoms with Gasteiger partial charge in [-0.25, -0.2) is 0 Å². The first-order valence-electron chi connectivity index (χ1n) is 14.1. The van der Waals surface area contributed by atoms with Crippen LogP contribution in [0, 0.1) is 5.92 Å². The molecule has 1 unspecified atom stereocenters. The third kappa shape index (κ3) is 11.5. The largest absolute Gasteiger partial charge is 0.197 e. The molecule has 0 bridgehead atoms. The minimum Gasteiger partial charge on any atom is -0.197 e. The Morgan fingerprint density at radius 2 is 1.16 bits per heavy atom. The number of aromatic nitrogens is 3. The Morgan fingerprint density at radius 3 is 1.75 bits per heavy atom. The molecule has 0 saturated heterocycles. The smallest absolute Gasteiger partial charge is 0.116 e. The van der Waals surface area contributed by atoms with E-state index in [4.69, 9.17) is 0 Å². The molecule has 0 saturated carbocycles. The van der Waals surface area contributed by atoms with Crippen molar-refractivity contribution in [2.45, 2.75) is 142 Å². The zero-order chi connectivity index (χ0) is 22.7. The molecule has 1 N–H and O–H groups in total. The fourth-order valence-corrected chi connectivity index (χ4v) is 5.09. The molecular weight excluding hydrogens is 390 g/mol.